The van der Waals surface area contributed by atoms with Crippen LogP contribution in [0.15, 0.2) is 24.9 Å². The molecule has 2 atom stereocenters. The van der Waals surface area contributed by atoms with Gasteiger partial charge < -0.3 is 5.32 Å². The molecule has 1 N–H and O–H groups in total. The van der Waals surface area contributed by atoms with Gasteiger partial charge in [-0.05, 0) is 32.9 Å². The SMILES string of the molecule is C=CCC(Cc1ccn(C(C)CC)n1)NC. The van der Waals surface area contributed by atoms with Crippen molar-refractivity contribution in [3.8, 4) is 0 Å². The zero-order valence-electron chi connectivity index (χ0n) is 10.6. The summed E-state index contributed by atoms with van der Waals surface area (Å²) in [7, 11) is 1.99. The van der Waals surface area contributed by atoms with Crippen LogP contribution in [-0.2, 0) is 6.42 Å². The maximum atomic E-state index is 4.59. The highest BCUT2D eigenvalue weighted by atomic mass is 15.3. The zero-order chi connectivity index (χ0) is 12.0. The van der Waals surface area contributed by atoms with E-state index in [9.17, 15) is 0 Å². The summed E-state index contributed by atoms with van der Waals surface area (Å²) in [6.07, 6.45) is 7.08. The van der Waals surface area contributed by atoms with Gasteiger partial charge in [-0.15, -0.1) is 6.58 Å². The molecule has 0 aliphatic carbocycles. The van der Waals surface area contributed by atoms with E-state index >= 15 is 0 Å². The molecule has 1 heterocycles. The fourth-order valence-corrected chi connectivity index (χ4v) is 1.68. The first-order valence-corrected chi connectivity index (χ1v) is 6.03. The minimum atomic E-state index is 0.442. The number of hydrogen-bond donors (Lipinski definition) is 1. The van der Waals surface area contributed by atoms with E-state index in [-0.39, 0.29) is 0 Å². The van der Waals surface area contributed by atoms with Crippen molar-refractivity contribution in [3.63, 3.8) is 0 Å². The second-order valence-electron chi connectivity index (χ2n) is 4.26. The van der Waals surface area contributed by atoms with Gasteiger partial charge in [0.2, 0.25) is 0 Å². The van der Waals surface area contributed by atoms with Crippen LogP contribution in [0, 0.1) is 0 Å². The zero-order valence-corrected chi connectivity index (χ0v) is 10.6. The fourth-order valence-electron chi connectivity index (χ4n) is 1.68. The molecule has 3 nitrogen and oxygen atoms in total. The van der Waals surface area contributed by atoms with Crippen LogP contribution in [0.5, 0.6) is 0 Å². The molecule has 1 aromatic rings. The molecular weight excluding hydrogens is 198 g/mol. The van der Waals surface area contributed by atoms with Crippen LogP contribution in [0.4, 0.5) is 0 Å². The highest BCUT2D eigenvalue weighted by molar-refractivity contribution is 5.02. The van der Waals surface area contributed by atoms with Crippen LogP contribution in [0.1, 0.15) is 38.4 Å². The molecule has 1 aromatic heterocycles. The summed E-state index contributed by atoms with van der Waals surface area (Å²) in [6.45, 7) is 8.14. The Morgan fingerprint density at radius 2 is 2.38 bits per heavy atom. The molecule has 0 aliphatic heterocycles. The molecule has 0 fully saturated rings. The second-order valence-corrected chi connectivity index (χ2v) is 4.26. The predicted molar refractivity (Wildman–Crippen MR) is 68.6 cm³/mol. The first-order chi connectivity index (χ1) is 7.71. The van der Waals surface area contributed by atoms with Crippen molar-refractivity contribution in [2.24, 2.45) is 0 Å². The quantitative estimate of drug-likeness (QED) is 0.717. The minimum Gasteiger partial charge on any atom is -0.316 e. The molecule has 0 spiro atoms. The van der Waals surface area contributed by atoms with Crippen molar-refractivity contribution in [2.75, 3.05) is 7.05 Å². The molecule has 2 unspecified atom stereocenters. The van der Waals surface area contributed by atoms with Crippen LogP contribution < -0.4 is 5.32 Å². The van der Waals surface area contributed by atoms with E-state index in [1.54, 1.807) is 0 Å². The first kappa shape index (κ1) is 13.0. The highest BCUT2D eigenvalue weighted by Gasteiger charge is 2.09. The maximum Gasteiger partial charge on any atom is 0.0640 e. The molecule has 0 aromatic carbocycles. The Hall–Kier alpha value is -1.09. The van der Waals surface area contributed by atoms with Gasteiger partial charge in [-0.25, -0.2) is 0 Å². The van der Waals surface area contributed by atoms with Crippen LogP contribution in [-0.4, -0.2) is 22.9 Å². The number of likely N-dealkylation sites (N-methyl/N-ethyl adjacent to an activating group) is 1. The van der Waals surface area contributed by atoms with Gasteiger partial charge in [0.1, 0.15) is 0 Å². The Morgan fingerprint density at radius 3 is 2.94 bits per heavy atom. The van der Waals surface area contributed by atoms with Crippen molar-refractivity contribution >= 4 is 0 Å². The van der Waals surface area contributed by atoms with Crippen LogP contribution >= 0.6 is 0 Å². The number of nitrogens with one attached hydrogen (secondary N) is 1. The Balaban J connectivity index is 2.60. The highest BCUT2D eigenvalue weighted by Crippen LogP contribution is 2.11. The number of aromatic nitrogens is 2. The Bertz CT molecular complexity index is 317. The maximum absolute atomic E-state index is 4.59. The van der Waals surface area contributed by atoms with E-state index in [2.05, 4.69) is 47.8 Å². The molecule has 0 aliphatic rings. The average Bonchev–Trinajstić information content (AvgIpc) is 2.76. The molecule has 3 heteroatoms. The Labute approximate surface area is 98.5 Å². The van der Waals surface area contributed by atoms with E-state index in [0.717, 1.165) is 25.0 Å². The van der Waals surface area contributed by atoms with E-state index in [4.69, 9.17) is 0 Å². The van der Waals surface area contributed by atoms with Crippen LogP contribution in [0.3, 0.4) is 0 Å². The summed E-state index contributed by atoms with van der Waals surface area (Å²) >= 11 is 0. The third-order valence-electron chi connectivity index (χ3n) is 3.02. The van der Waals surface area contributed by atoms with E-state index in [1.165, 1.54) is 0 Å². The topological polar surface area (TPSA) is 29.9 Å². The van der Waals surface area contributed by atoms with Gasteiger partial charge in [-0.2, -0.15) is 5.10 Å². The van der Waals surface area contributed by atoms with Crippen molar-refractivity contribution in [1.29, 1.82) is 0 Å². The lowest BCUT2D eigenvalue weighted by molar-refractivity contribution is 0.468. The normalized spacial score (nSPS) is 14.7. The van der Waals surface area contributed by atoms with Gasteiger partial charge in [0.05, 0.1) is 5.69 Å². The number of rotatable bonds is 7. The standard InChI is InChI=1S/C13H23N3/c1-5-7-12(14-4)10-13-8-9-16(15-13)11(3)6-2/h5,8-9,11-12,14H,1,6-7,10H2,2-4H3. The van der Waals surface area contributed by atoms with Crippen LogP contribution in [0.2, 0.25) is 0 Å². The molecule has 0 bridgehead atoms. The lowest BCUT2D eigenvalue weighted by Gasteiger charge is -2.12. The molecule has 0 amide bonds. The van der Waals surface area contributed by atoms with Gasteiger partial charge in [0.15, 0.2) is 0 Å². The summed E-state index contributed by atoms with van der Waals surface area (Å²) in [5.41, 5.74) is 1.15. The van der Waals surface area contributed by atoms with Crippen molar-refractivity contribution in [3.05, 3.63) is 30.6 Å². The molecule has 90 valence electrons. The summed E-state index contributed by atoms with van der Waals surface area (Å²) < 4.78 is 2.05. The van der Waals surface area contributed by atoms with Gasteiger partial charge in [0, 0.05) is 24.7 Å². The van der Waals surface area contributed by atoms with E-state index in [0.29, 0.717) is 12.1 Å². The van der Waals surface area contributed by atoms with Crippen LogP contribution in [0.25, 0.3) is 0 Å². The molecule has 1 rings (SSSR count). The third kappa shape index (κ3) is 3.49. The molecular formula is C13H23N3. The summed E-state index contributed by atoms with van der Waals surface area (Å²) in [5, 5.41) is 7.88. The lowest BCUT2D eigenvalue weighted by atomic mass is 10.1. The average molecular weight is 221 g/mol. The molecule has 0 saturated heterocycles. The molecule has 0 saturated carbocycles. The fraction of sp³-hybridized carbons (Fsp3) is 0.615. The molecule has 16 heavy (non-hydrogen) atoms. The second kappa shape index (κ2) is 6.48. The van der Waals surface area contributed by atoms with Gasteiger partial charge >= 0.3 is 0 Å². The summed E-state index contributed by atoms with van der Waals surface area (Å²) in [6, 6.07) is 3.04. The Morgan fingerprint density at radius 1 is 1.62 bits per heavy atom. The van der Waals surface area contributed by atoms with Gasteiger partial charge in [-0.1, -0.05) is 13.0 Å². The van der Waals surface area contributed by atoms with E-state index in [1.807, 2.05) is 13.1 Å². The largest absolute Gasteiger partial charge is 0.316 e. The monoisotopic (exact) mass is 221 g/mol. The van der Waals surface area contributed by atoms with Gasteiger partial charge in [-0.3, -0.25) is 4.68 Å². The minimum absolute atomic E-state index is 0.442. The van der Waals surface area contributed by atoms with Crippen molar-refractivity contribution in [2.45, 2.75) is 45.2 Å². The number of hydrogen-bond acceptors (Lipinski definition) is 2. The van der Waals surface area contributed by atoms with E-state index < -0.39 is 0 Å². The predicted octanol–water partition coefficient (Wildman–Crippen LogP) is 2.56. The third-order valence-corrected chi connectivity index (χ3v) is 3.02. The van der Waals surface area contributed by atoms with Gasteiger partial charge in [0.25, 0.3) is 0 Å². The number of nitrogens with zero attached hydrogens (tertiary/aromatic N) is 2. The Kier molecular flexibility index (Phi) is 5.26. The van der Waals surface area contributed by atoms with Crippen molar-refractivity contribution < 1.29 is 0 Å². The molecule has 0 radical (unpaired) electrons. The summed E-state index contributed by atoms with van der Waals surface area (Å²) in [5.74, 6) is 0. The smallest absolute Gasteiger partial charge is 0.0640 e. The summed E-state index contributed by atoms with van der Waals surface area (Å²) in [4.78, 5) is 0. The lowest BCUT2D eigenvalue weighted by Crippen LogP contribution is -2.27. The van der Waals surface area contributed by atoms with Crippen molar-refractivity contribution in [1.82, 2.24) is 15.1 Å². The first-order valence-electron chi connectivity index (χ1n) is 6.03.